The molecule has 0 bridgehead atoms. The Balaban J connectivity index is 0.000000113. The normalized spacial score (nSPS) is 25.5. The molecular weight excluding hydrogens is 1160 g/mol. The van der Waals surface area contributed by atoms with Gasteiger partial charge in [-0.2, -0.15) is 0 Å². The molecule has 4 aromatic carbocycles. The van der Waals surface area contributed by atoms with Gasteiger partial charge in [-0.15, -0.1) is 0 Å². The van der Waals surface area contributed by atoms with Gasteiger partial charge in [-0.25, -0.2) is 14.4 Å². The topological polar surface area (TPSA) is 170 Å². The summed E-state index contributed by atoms with van der Waals surface area (Å²) >= 11 is 3.62. The summed E-state index contributed by atoms with van der Waals surface area (Å²) in [6.45, 7) is 18.5. The predicted molar refractivity (Wildman–Crippen MR) is 340 cm³/mol. The van der Waals surface area contributed by atoms with Crippen LogP contribution in [0.3, 0.4) is 0 Å². The lowest BCUT2D eigenvalue weighted by Crippen LogP contribution is -2.52. The minimum absolute atomic E-state index is 0.00910. The lowest BCUT2D eigenvalue weighted by Gasteiger charge is -2.41. The van der Waals surface area contributed by atoms with E-state index in [-0.39, 0.29) is 48.0 Å². The second-order valence-corrected chi connectivity index (χ2v) is 25.3. The Morgan fingerprint density at radius 2 is 0.965 bits per heavy atom. The maximum atomic E-state index is 12.3. The number of fused-ring (bicyclic) bond motifs is 12. The van der Waals surface area contributed by atoms with Crippen molar-refractivity contribution in [3.63, 3.8) is 0 Å². The van der Waals surface area contributed by atoms with E-state index in [9.17, 15) is 24.0 Å². The van der Waals surface area contributed by atoms with E-state index < -0.39 is 0 Å². The first-order chi connectivity index (χ1) is 41.7. The summed E-state index contributed by atoms with van der Waals surface area (Å²) in [6, 6.07) is 27.5. The van der Waals surface area contributed by atoms with Gasteiger partial charge in [0.25, 0.3) is 0 Å². The Kier molecular flexibility index (Phi) is 17.2. The summed E-state index contributed by atoms with van der Waals surface area (Å²) in [5, 5.41) is 6.25. The molecule has 11 heterocycles. The first-order valence-electron chi connectivity index (χ1n) is 31.3. The van der Waals surface area contributed by atoms with Crippen molar-refractivity contribution in [3.8, 4) is 0 Å². The molecule has 11 aliphatic heterocycles. The molecule has 0 unspecified atom stereocenters. The van der Waals surface area contributed by atoms with Crippen molar-refractivity contribution in [1.29, 1.82) is 0 Å². The zero-order valence-electron chi connectivity index (χ0n) is 51.0. The highest BCUT2D eigenvalue weighted by Crippen LogP contribution is 2.54. The Morgan fingerprint density at radius 1 is 0.535 bits per heavy atom. The van der Waals surface area contributed by atoms with E-state index in [4.69, 9.17) is 14.2 Å². The van der Waals surface area contributed by atoms with Crippen molar-refractivity contribution in [2.45, 2.75) is 94.3 Å². The third-order valence-electron chi connectivity index (χ3n) is 20.1. The second-order valence-electron chi connectivity index (χ2n) is 24.4. The van der Waals surface area contributed by atoms with E-state index in [0.717, 1.165) is 80.4 Å². The van der Waals surface area contributed by atoms with Crippen LogP contribution in [0.5, 0.6) is 0 Å². The summed E-state index contributed by atoms with van der Waals surface area (Å²) in [5.41, 5.74) is 14.3. The number of carbonyl (C=O) groups excluding carboxylic acids is 5. The fourth-order valence-corrected chi connectivity index (χ4v) is 16.6. The monoisotopic (exact) mass is 1240 g/mol. The van der Waals surface area contributed by atoms with E-state index in [1.807, 2.05) is 57.0 Å². The van der Waals surface area contributed by atoms with Gasteiger partial charge < -0.3 is 73.8 Å². The van der Waals surface area contributed by atoms with E-state index in [1.165, 1.54) is 64.6 Å². The van der Waals surface area contributed by atoms with Gasteiger partial charge in [-0.1, -0.05) is 48.5 Å². The van der Waals surface area contributed by atoms with Gasteiger partial charge in [0.1, 0.15) is 0 Å². The first kappa shape index (κ1) is 59.2. The lowest BCUT2D eigenvalue weighted by molar-refractivity contribution is -0.119. The Labute approximate surface area is 514 Å². The zero-order valence-corrected chi connectivity index (χ0v) is 52.6. The van der Waals surface area contributed by atoms with Gasteiger partial charge in [0.05, 0.1) is 72.7 Å². The van der Waals surface area contributed by atoms with E-state index >= 15 is 0 Å². The molecule has 4 fully saturated rings. The molecule has 0 spiro atoms. The number of anilines is 7. The van der Waals surface area contributed by atoms with E-state index in [1.54, 1.807) is 27.3 Å². The number of ether oxygens (including phenoxy) is 3. The molecule has 2 N–H and O–H groups in total. The molecule has 15 rings (SSSR count). The number of likely N-dealkylation sites (tertiary alicyclic amines) is 3. The van der Waals surface area contributed by atoms with Gasteiger partial charge in [0.2, 0.25) is 11.8 Å². The Morgan fingerprint density at radius 3 is 1.48 bits per heavy atom. The molecule has 460 valence electrons. The molecule has 0 radical (unpaired) electrons. The van der Waals surface area contributed by atoms with Crippen LogP contribution in [0.4, 0.5) is 54.2 Å². The number of nitrogens with one attached hydrogen (secondary N) is 2. The number of carbonyl (C=O) groups is 5. The van der Waals surface area contributed by atoms with Gasteiger partial charge in [0.15, 0.2) is 0 Å². The van der Waals surface area contributed by atoms with Crippen molar-refractivity contribution in [2.24, 2.45) is 0 Å². The number of hydrogen-bond donors (Lipinski definition) is 2. The number of rotatable bonds is 5. The van der Waals surface area contributed by atoms with Crippen LogP contribution in [0.25, 0.3) is 0 Å². The Hall–Kier alpha value is -7.13. The maximum absolute atomic E-state index is 12.3. The van der Waals surface area contributed by atoms with E-state index in [0.29, 0.717) is 83.0 Å². The first-order valence-corrected chi connectivity index (χ1v) is 32.1. The average molecular weight is 1240 g/mol. The van der Waals surface area contributed by atoms with Crippen LogP contribution in [0.15, 0.2) is 77.3 Å². The fraction of sp³-hybridized carbons (Fsp3) is 0.554. The lowest BCUT2D eigenvalue weighted by atomic mass is 9.89. The summed E-state index contributed by atoms with van der Waals surface area (Å²) in [4.78, 5) is 82.1. The van der Waals surface area contributed by atoms with Gasteiger partial charge in [-0.3, -0.25) is 9.59 Å². The highest BCUT2D eigenvalue weighted by atomic mass is 79.9. The van der Waals surface area contributed by atoms with Crippen LogP contribution in [-0.2, 0) is 23.8 Å². The predicted octanol–water partition coefficient (Wildman–Crippen LogP) is 7.80. The zero-order chi connectivity index (χ0) is 60.1. The molecule has 4 saturated heterocycles. The fourth-order valence-electron chi connectivity index (χ4n) is 16.0. The summed E-state index contributed by atoms with van der Waals surface area (Å²) in [6.07, 6.45) is 3.37. The highest BCUT2D eigenvalue weighted by Gasteiger charge is 2.50. The molecular formula is C65H85BrN12O8. The van der Waals surface area contributed by atoms with Crippen molar-refractivity contribution in [3.05, 3.63) is 99.5 Å². The van der Waals surface area contributed by atoms with Crippen molar-refractivity contribution >= 4 is 85.8 Å². The van der Waals surface area contributed by atoms with Crippen molar-refractivity contribution in [2.75, 3.05) is 174 Å². The summed E-state index contributed by atoms with van der Waals surface area (Å²) in [7, 11) is 7.87. The molecule has 21 heteroatoms. The number of halogens is 1. The molecule has 11 aliphatic rings. The third kappa shape index (κ3) is 10.6. The number of likely N-dealkylation sites (N-methyl/N-ethyl adjacent to an activating group) is 4. The Bertz CT molecular complexity index is 3220. The third-order valence-corrected chi connectivity index (χ3v) is 20.7. The number of piperidine rings is 4. The van der Waals surface area contributed by atoms with Gasteiger partial charge in [-0.05, 0) is 115 Å². The number of hydrogen-bond acceptors (Lipinski definition) is 15. The van der Waals surface area contributed by atoms with Crippen LogP contribution in [0.2, 0.25) is 0 Å². The molecule has 0 aliphatic carbocycles. The molecule has 20 nitrogen and oxygen atoms in total. The van der Waals surface area contributed by atoms with Crippen molar-refractivity contribution < 1.29 is 38.2 Å². The maximum Gasteiger partial charge on any atom is 0.409 e. The van der Waals surface area contributed by atoms with Crippen LogP contribution in [0.1, 0.15) is 92.4 Å². The summed E-state index contributed by atoms with van der Waals surface area (Å²) < 4.78 is 16.5. The van der Waals surface area contributed by atoms with E-state index in [2.05, 4.69) is 119 Å². The molecule has 86 heavy (non-hydrogen) atoms. The minimum atomic E-state index is -0.253. The van der Waals surface area contributed by atoms with Gasteiger partial charge >= 0.3 is 18.3 Å². The van der Waals surface area contributed by atoms with Crippen LogP contribution in [-0.4, -0.2) is 209 Å². The average Bonchev–Trinajstić information content (AvgIpc) is 2.23. The van der Waals surface area contributed by atoms with Crippen molar-refractivity contribution in [1.82, 2.24) is 25.3 Å². The number of amides is 5. The largest absolute Gasteiger partial charge is 0.450 e. The standard InChI is InChI=1S/C17H22BrN3O3.C17H21N3O3.C17H23N3O2.C14H19N3/c1-3-24-17(23)20-8-7-14-12(9-20)11-5-4-6-13(18)16(11)21(14)10-15(22)19-2;1-3-23-17(22)19-8-7-13-12(9-19)11-5-4-6-14-16(11)20(13)10-15(21)18(14)2;1-3-22-17(21)19-8-7-14-13(11-19)12-5-4-6-15-16(12)20(14)10-9-18(15)2;1-16-7-8-17-12-5-6-15-9-11(12)10-3-2-4-13(16)14(10)17/h4-6,12,14H,3,7-10H2,1-2H3,(H,19,22);4-6,12-13H,3,7-10H2,1-2H3;4-6,13-14H,3,7-11H2,1-2H3;2-4,11-12,15H,5-9H2,1H3/t12-,14-;12-,13-;13-,14-;11-,12-/m0000/s1. The quantitative estimate of drug-likeness (QED) is 0.186. The number of nitrogens with zero attached hydrogens (tertiary/aromatic N) is 10. The molecule has 4 aromatic rings. The second kappa shape index (κ2) is 24.9. The minimum Gasteiger partial charge on any atom is -0.450 e. The SMILES string of the molecule is CCOC(=O)N1CC[C@H]2[C@@H](C1)c1cccc(Br)c1N2CC(=O)NC.CCOC(=O)N1CC[C@H]2[C@@H](C1)c1cccc3c1N2CC(=O)N3C.CCOC(=O)N1CC[C@H]2[C@@H](C1)c1cccc3c1N2CCN3C.CN1CCN2c3c(cccc31)[C@@H]1CNCC[C@@H]12. The van der Waals surface area contributed by atoms with Crippen LogP contribution >= 0.6 is 15.9 Å². The summed E-state index contributed by atoms with van der Waals surface area (Å²) in [5.74, 6) is 1.70. The molecule has 0 saturated carbocycles. The molecule has 0 aromatic heterocycles. The number of para-hydroxylation sites is 4. The van der Waals surface area contributed by atoms with Crippen LogP contribution in [0, 0.1) is 0 Å². The van der Waals surface area contributed by atoms with Gasteiger partial charge in [0, 0.05) is 152 Å². The smallest absolute Gasteiger partial charge is 0.409 e. The molecule has 8 atom stereocenters. The molecule has 5 amide bonds. The highest BCUT2D eigenvalue weighted by molar-refractivity contribution is 9.10. The van der Waals surface area contributed by atoms with Crippen LogP contribution < -0.4 is 44.9 Å². The number of benzene rings is 4.